The molecule has 2 rings (SSSR count). The minimum atomic E-state index is -0.369. The van der Waals surface area contributed by atoms with E-state index >= 15 is 0 Å². The molecular formula is C14H11BrN2O2. The Balaban J connectivity index is 2.29. The average Bonchev–Trinajstić information content (AvgIpc) is 2.47. The summed E-state index contributed by atoms with van der Waals surface area (Å²) in [6, 6.07) is 15.7. The van der Waals surface area contributed by atoms with Gasteiger partial charge in [-0.25, -0.2) is 10.5 Å². The van der Waals surface area contributed by atoms with Crippen molar-refractivity contribution in [2.75, 3.05) is 0 Å². The normalized spacial score (nSPS) is 11.2. The van der Waals surface area contributed by atoms with Crippen molar-refractivity contribution in [1.29, 1.82) is 0 Å². The second-order valence-corrected chi connectivity index (χ2v) is 4.66. The van der Waals surface area contributed by atoms with Crippen molar-refractivity contribution in [3.63, 3.8) is 0 Å². The van der Waals surface area contributed by atoms with E-state index in [0.717, 1.165) is 4.47 Å². The van der Waals surface area contributed by atoms with E-state index < -0.39 is 0 Å². The van der Waals surface area contributed by atoms with Gasteiger partial charge in [-0.05, 0) is 24.3 Å². The van der Waals surface area contributed by atoms with E-state index in [0.29, 0.717) is 11.3 Å². The van der Waals surface area contributed by atoms with Crippen molar-refractivity contribution < 1.29 is 10.0 Å². The zero-order valence-corrected chi connectivity index (χ0v) is 11.5. The highest BCUT2D eigenvalue weighted by Crippen LogP contribution is 2.17. The van der Waals surface area contributed by atoms with Crippen LogP contribution < -0.4 is 5.48 Å². The van der Waals surface area contributed by atoms with Gasteiger partial charge in [-0.2, -0.15) is 0 Å². The third-order valence-corrected chi connectivity index (χ3v) is 2.95. The van der Waals surface area contributed by atoms with Crippen LogP contribution >= 0.6 is 15.9 Å². The minimum Gasteiger partial charge on any atom is -0.290 e. The van der Waals surface area contributed by atoms with Gasteiger partial charge in [0.15, 0.2) is 5.84 Å². The molecule has 0 fully saturated rings. The van der Waals surface area contributed by atoms with Crippen molar-refractivity contribution in [3.05, 3.63) is 64.6 Å². The summed E-state index contributed by atoms with van der Waals surface area (Å²) in [6.45, 7) is 0. The summed E-state index contributed by atoms with van der Waals surface area (Å²) in [5, 5.41) is 9.06. The second kappa shape index (κ2) is 6.26. The summed E-state index contributed by atoms with van der Waals surface area (Å²) in [6.07, 6.45) is 0. The highest BCUT2D eigenvalue weighted by atomic mass is 79.9. The maximum atomic E-state index is 12.1. The summed E-state index contributed by atoms with van der Waals surface area (Å²) >= 11 is 3.31. The van der Waals surface area contributed by atoms with Crippen LogP contribution in [0, 0.1) is 0 Å². The summed E-state index contributed by atoms with van der Waals surface area (Å²) in [4.78, 5) is 16.2. The number of nitrogens with one attached hydrogen (secondary N) is 1. The molecule has 2 aromatic carbocycles. The molecule has 19 heavy (non-hydrogen) atoms. The molecule has 0 amide bonds. The van der Waals surface area contributed by atoms with E-state index in [9.17, 15) is 4.79 Å². The fourth-order valence-corrected chi connectivity index (χ4v) is 1.76. The van der Waals surface area contributed by atoms with Gasteiger partial charge in [0.1, 0.15) is 0 Å². The molecule has 5 heteroatoms. The standard InChI is InChI=1S/C14H11BrN2O2/c15-11-6-8-12(9-7-11)16-14(17-19)13(18)10-4-2-1-3-5-10/h1-9,19H,(H,16,17). The first-order valence-corrected chi connectivity index (χ1v) is 6.34. The zero-order valence-electron chi connectivity index (χ0n) is 9.88. The lowest BCUT2D eigenvalue weighted by Gasteiger charge is -2.04. The predicted octanol–water partition coefficient (Wildman–Crippen LogP) is 3.34. The molecule has 2 N–H and O–H groups in total. The Bertz CT molecular complexity index is 595. The molecular weight excluding hydrogens is 308 g/mol. The first kappa shape index (κ1) is 13.5. The second-order valence-electron chi connectivity index (χ2n) is 3.74. The number of rotatable bonds is 3. The van der Waals surface area contributed by atoms with Crippen LogP contribution in [-0.4, -0.2) is 16.8 Å². The van der Waals surface area contributed by atoms with E-state index in [2.05, 4.69) is 20.9 Å². The SMILES string of the molecule is O=C(C(=Nc1ccc(Br)cc1)NO)c1ccccc1. The molecule has 0 bridgehead atoms. The monoisotopic (exact) mass is 318 g/mol. The molecule has 0 spiro atoms. The molecule has 0 saturated heterocycles. The lowest BCUT2D eigenvalue weighted by Crippen LogP contribution is -2.28. The van der Waals surface area contributed by atoms with E-state index in [4.69, 9.17) is 5.21 Å². The van der Waals surface area contributed by atoms with Gasteiger partial charge in [-0.1, -0.05) is 46.3 Å². The molecule has 0 heterocycles. The van der Waals surface area contributed by atoms with Gasteiger partial charge >= 0.3 is 0 Å². The number of nitrogens with zero attached hydrogens (tertiary/aromatic N) is 1. The molecule has 4 nitrogen and oxygen atoms in total. The number of benzene rings is 2. The number of halogens is 1. The highest BCUT2D eigenvalue weighted by Gasteiger charge is 2.13. The summed E-state index contributed by atoms with van der Waals surface area (Å²) in [5.41, 5.74) is 2.88. The topological polar surface area (TPSA) is 61.7 Å². The number of carbonyl (C=O) groups is 1. The number of carbonyl (C=O) groups excluding carboxylic acids is 1. The van der Waals surface area contributed by atoms with Gasteiger partial charge in [0.25, 0.3) is 0 Å². The number of hydrogen-bond donors (Lipinski definition) is 2. The zero-order chi connectivity index (χ0) is 13.7. The van der Waals surface area contributed by atoms with Crippen LogP contribution in [0.25, 0.3) is 0 Å². The molecule has 0 unspecified atom stereocenters. The molecule has 96 valence electrons. The molecule has 0 aromatic heterocycles. The Kier molecular flexibility index (Phi) is 4.43. The van der Waals surface area contributed by atoms with E-state index in [-0.39, 0.29) is 11.6 Å². The van der Waals surface area contributed by atoms with Gasteiger partial charge in [0.05, 0.1) is 5.69 Å². The van der Waals surface area contributed by atoms with Crippen LogP contribution in [0.3, 0.4) is 0 Å². The van der Waals surface area contributed by atoms with Crippen LogP contribution in [0.15, 0.2) is 64.1 Å². The molecule has 0 saturated carbocycles. The van der Waals surface area contributed by atoms with E-state index in [1.165, 1.54) is 0 Å². The maximum absolute atomic E-state index is 12.1. The van der Waals surface area contributed by atoms with E-state index in [1.54, 1.807) is 48.5 Å². The molecule has 0 radical (unpaired) electrons. The van der Waals surface area contributed by atoms with Crippen LogP contribution in [0.4, 0.5) is 5.69 Å². The predicted molar refractivity (Wildman–Crippen MR) is 76.9 cm³/mol. The Labute approximate surface area is 118 Å². The first-order valence-electron chi connectivity index (χ1n) is 5.55. The van der Waals surface area contributed by atoms with Gasteiger partial charge in [-0.3, -0.25) is 10.0 Å². The molecule has 0 aliphatic rings. The third-order valence-electron chi connectivity index (χ3n) is 2.42. The van der Waals surface area contributed by atoms with Gasteiger partial charge in [0, 0.05) is 10.0 Å². The van der Waals surface area contributed by atoms with E-state index in [1.807, 2.05) is 11.5 Å². The number of ketones is 1. The minimum absolute atomic E-state index is 0.117. The number of Topliss-reactive ketones (excluding diaryl/α,β-unsaturated/α-hetero) is 1. The fraction of sp³-hybridized carbons (Fsp3) is 0. The Morgan fingerprint density at radius 1 is 1.05 bits per heavy atom. The highest BCUT2D eigenvalue weighted by molar-refractivity contribution is 9.10. The molecule has 0 aliphatic heterocycles. The fourth-order valence-electron chi connectivity index (χ4n) is 1.50. The van der Waals surface area contributed by atoms with Gasteiger partial charge < -0.3 is 0 Å². The average molecular weight is 319 g/mol. The Morgan fingerprint density at radius 3 is 2.26 bits per heavy atom. The number of aliphatic imine (C=N–C) groups is 1. The van der Waals surface area contributed by atoms with Crippen LogP contribution in [0.1, 0.15) is 10.4 Å². The van der Waals surface area contributed by atoms with Gasteiger partial charge in [0.2, 0.25) is 5.78 Å². The third kappa shape index (κ3) is 3.49. The number of amidine groups is 1. The van der Waals surface area contributed by atoms with Crippen molar-refractivity contribution in [3.8, 4) is 0 Å². The van der Waals surface area contributed by atoms with Crippen molar-refractivity contribution in [2.45, 2.75) is 0 Å². The Morgan fingerprint density at radius 2 is 1.68 bits per heavy atom. The molecule has 2 aromatic rings. The molecule has 0 aliphatic carbocycles. The summed E-state index contributed by atoms with van der Waals surface area (Å²) < 4.78 is 0.916. The van der Waals surface area contributed by atoms with Crippen LogP contribution in [0.5, 0.6) is 0 Å². The van der Waals surface area contributed by atoms with Crippen molar-refractivity contribution in [1.82, 2.24) is 5.48 Å². The first-order chi connectivity index (χ1) is 9.20. The summed E-state index contributed by atoms with van der Waals surface area (Å²) in [7, 11) is 0. The smallest absolute Gasteiger partial charge is 0.230 e. The lowest BCUT2D eigenvalue weighted by molar-refractivity contribution is 0.104. The van der Waals surface area contributed by atoms with Crippen molar-refractivity contribution >= 4 is 33.2 Å². The lowest BCUT2D eigenvalue weighted by atomic mass is 10.1. The number of hydroxylamine groups is 1. The molecule has 0 atom stereocenters. The number of hydrogen-bond acceptors (Lipinski definition) is 3. The van der Waals surface area contributed by atoms with Crippen LogP contribution in [0.2, 0.25) is 0 Å². The maximum Gasteiger partial charge on any atom is 0.230 e. The van der Waals surface area contributed by atoms with Crippen LogP contribution in [-0.2, 0) is 0 Å². The van der Waals surface area contributed by atoms with Crippen molar-refractivity contribution in [2.24, 2.45) is 4.99 Å². The largest absolute Gasteiger partial charge is 0.290 e. The Hall–Kier alpha value is -1.98. The summed E-state index contributed by atoms with van der Waals surface area (Å²) in [5.74, 6) is -0.487. The van der Waals surface area contributed by atoms with Gasteiger partial charge in [-0.15, -0.1) is 0 Å². The quantitative estimate of drug-likeness (QED) is 0.395.